The average Bonchev–Trinajstić information content (AvgIpc) is 2.62. The first-order valence-corrected chi connectivity index (χ1v) is 11.1. The molecule has 26 heavy (non-hydrogen) atoms. The smallest absolute Gasteiger partial charge is 0.226 e. The first-order chi connectivity index (χ1) is 12.4. The van der Waals surface area contributed by atoms with Crippen LogP contribution in [0.5, 0.6) is 0 Å². The molecule has 0 spiro atoms. The number of sulfonamides is 1. The lowest BCUT2D eigenvalue weighted by Gasteiger charge is -2.26. The molecule has 0 saturated carbocycles. The number of unbranched alkanes of at least 4 members (excludes halogenated alkanes) is 2. The molecule has 0 unspecified atom stereocenters. The molecular weight excluding hydrogens is 350 g/mol. The second kappa shape index (κ2) is 9.92. The van der Waals surface area contributed by atoms with Crippen LogP contribution in [0.3, 0.4) is 0 Å². The standard InChI is InChI=1S/C19H31N3O3S/c1-16(2)26(24,25)21-14-6-3-5-13-20-17-9-11-18(12-10-17)22-15-7-4-8-19(22)23/h9-12,16,20-21H,3-8,13-15H2,1-2H3. The lowest BCUT2D eigenvalue weighted by Crippen LogP contribution is -2.35. The second-order valence-electron chi connectivity index (χ2n) is 7.02. The number of anilines is 2. The first kappa shape index (κ1) is 20.7. The Morgan fingerprint density at radius 2 is 1.73 bits per heavy atom. The summed E-state index contributed by atoms with van der Waals surface area (Å²) in [6, 6.07) is 8.00. The van der Waals surface area contributed by atoms with Gasteiger partial charge in [0.25, 0.3) is 0 Å². The van der Waals surface area contributed by atoms with Gasteiger partial charge in [-0.1, -0.05) is 6.42 Å². The van der Waals surface area contributed by atoms with Crippen LogP contribution in [0.4, 0.5) is 11.4 Å². The highest BCUT2D eigenvalue weighted by molar-refractivity contribution is 7.90. The molecule has 0 radical (unpaired) electrons. The van der Waals surface area contributed by atoms with Gasteiger partial charge in [0, 0.05) is 37.4 Å². The van der Waals surface area contributed by atoms with Crippen molar-refractivity contribution in [1.29, 1.82) is 0 Å². The quantitative estimate of drug-likeness (QED) is 0.611. The molecule has 1 aliphatic heterocycles. The minimum absolute atomic E-state index is 0.213. The Labute approximate surface area is 157 Å². The van der Waals surface area contributed by atoms with Crippen LogP contribution >= 0.6 is 0 Å². The van der Waals surface area contributed by atoms with Gasteiger partial charge >= 0.3 is 0 Å². The summed E-state index contributed by atoms with van der Waals surface area (Å²) in [7, 11) is -3.14. The fraction of sp³-hybridized carbons (Fsp3) is 0.632. The molecule has 1 aliphatic rings. The maximum Gasteiger partial charge on any atom is 0.226 e. The summed E-state index contributed by atoms with van der Waals surface area (Å²) >= 11 is 0. The van der Waals surface area contributed by atoms with Gasteiger partial charge in [0.2, 0.25) is 15.9 Å². The highest BCUT2D eigenvalue weighted by atomic mass is 32.2. The molecular formula is C19H31N3O3S. The van der Waals surface area contributed by atoms with Crippen molar-refractivity contribution in [2.45, 2.75) is 57.6 Å². The van der Waals surface area contributed by atoms with Gasteiger partial charge < -0.3 is 10.2 Å². The van der Waals surface area contributed by atoms with E-state index in [1.807, 2.05) is 29.2 Å². The summed E-state index contributed by atoms with van der Waals surface area (Å²) in [5.74, 6) is 0.213. The summed E-state index contributed by atoms with van der Waals surface area (Å²) in [5.41, 5.74) is 2.01. The van der Waals surface area contributed by atoms with Gasteiger partial charge in [-0.15, -0.1) is 0 Å². The van der Waals surface area contributed by atoms with Crippen LogP contribution in [0.15, 0.2) is 24.3 Å². The molecule has 2 rings (SSSR count). The van der Waals surface area contributed by atoms with Crippen LogP contribution in [0.25, 0.3) is 0 Å². The van der Waals surface area contributed by atoms with E-state index in [1.54, 1.807) is 13.8 Å². The molecule has 0 atom stereocenters. The van der Waals surface area contributed by atoms with E-state index in [4.69, 9.17) is 0 Å². The third-order valence-electron chi connectivity index (χ3n) is 4.61. The molecule has 7 heteroatoms. The molecule has 1 amide bonds. The number of benzene rings is 1. The number of amides is 1. The highest BCUT2D eigenvalue weighted by Gasteiger charge is 2.19. The van der Waals surface area contributed by atoms with E-state index in [0.29, 0.717) is 13.0 Å². The molecule has 146 valence electrons. The lowest BCUT2D eigenvalue weighted by molar-refractivity contribution is -0.119. The third-order valence-corrected chi connectivity index (χ3v) is 6.46. The number of rotatable bonds is 10. The molecule has 6 nitrogen and oxygen atoms in total. The predicted molar refractivity (Wildman–Crippen MR) is 107 cm³/mol. The van der Waals surface area contributed by atoms with E-state index < -0.39 is 10.0 Å². The maximum atomic E-state index is 11.9. The van der Waals surface area contributed by atoms with Gasteiger partial charge in [0.15, 0.2) is 0 Å². The first-order valence-electron chi connectivity index (χ1n) is 9.53. The molecule has 1 aromatic carbocycles. The minimum atomic E-state index is -3.14. The number of piperidine rings is 1. The van der Waals surface area contributed by atoms with E-state index >= 15 is 0 Å². The van der Waals surface area contributed by atoms with Gasteiger partial charge in [0.1, 0.15) is 0 Å². The molecule has 1 fully saturated rings. The average molecular weight is 382 g/mol. The highest BCUT2D eigenvalue weighted by Crippen LogP contribution is 2.22. The molecule has 0 bridgehead atoms. The van der Waals surface area contributed by atoms with E-state index in [9.17, 15) is 13.2 Å². The van der Waals surface area contributed by atoms with Crippen molar-refractivity contribution in [1.82, 2.24) is 4.72 Å². The van der Waals surface area contributed by atoms with Crippen LogP contribution in [0, 0.1) is 0 Å². The van der Waals surface area contributed by atoms with Crippen LogP contribution in [0.2, 0.25) is 0 Å². The number of nitrogens with zero attached hydrogens (tertiary/aromatic N) is 1. The SMILES string of the molecule is CC(C)S(=O)(=O)NCCCCCNc1ccc(N2CCCCC2=O)cc1. The normalized spacial score (nSPS) is 15.5. The van der Waals surface area contributed by atoms with Gasteiger partial charge in [-0.3, -0.25) is 4.79 Å². The Hall–Kier alpha value is -1.60. The van der Waals surface area contributed by atoms with Crippen molar-refractivity contribution < 1.29 is 13.2 Å². The zero-order chi connectivity index (χ0) is 19.0. The Bertz CT molecular complexity index is 672. The van der Waals surface area contributed by atoms with Gasteiger partial charge in [0.05, 0.1) is 5.25 Å². The number of carbonyl (C=O) groups is 1. The lowest BCUT2D eigenvalue weighted by atomic mass is 10.1. The second-order valence-corrected chi connectivity index (χ2v) is 9.35. The van der Waals surface area contributed by atoms with Crippen molar-refractivity contribution >= 4 is 27.3 Å². The Morgan fingerprint density at radius 3 is 2.38 bits per heavy atom. The largest absolute Gasteiger partial charge is 0.385 e. The molecule has 1 aromatic rings. The summed E-state index contributed by atoms with van der Waals surface area (Å²) in [5, 5.41) is 2.99. The van der Waals surface area contributed by atoms with Crippen LogP contribution < -0.4 is 14.9 Å². The number of hydrogen-bond donors (Lipinski definition) is 2. The van der Waals surface area contributed by atoms with Crippen molar-refractivity contribution in [3.63, 3.8) is 0 Å². The monoisotopic (exact) mass is 381 g/mol. The molecule has 1 saturated heterocycles. The van der Waals surface area contributed by atoms with E-state index in [2.05, 4.69) is 10.0 Å². The predicted octanol–water partition coefficient (Wildman–Crippen LogP) is 3.11. The van der Waals surface area contributed by atoms with E-state index in [0.717, 1.165) is 56.6 Å². The minimum Gasteiger partial charge on any atom is -0.385 e. The number of nitrogens with one attached hydrogen (secondary N) is 2. The summed E-state index contributed by atoms with van der Waals surface area (Å²) < 4.78 is 25.9. The maximum absolute atomic E-state index is 11.9. The molecule has 0 aromatic heterocycles. The van der Waals surface area contributed by atoms with Crippen molar-refractivity contribution in [3.8, 4) is 0 Å². The van der Waals surface area contributed by atoms with Gasteiger partial charge in [-0.05, 0) is 63.8 Å². The van der Waals surface area contributed by atoms with Gasteiger partial charge in [-0.2, -0.15) is 0 Å². The van der Waals surface area contributed by atoms with E-state index in [1.165, 1.54) is 0 Å². The molecule has 0 aliphatic carbocycles. The van der Waals surface area contributed by atoms with Crippen LogP contribution in [-0.2, 0) is 14.8 Å². The Kier molecular flexibility index (Phi) is 7.90. The fourth-order valence-electron chi connectivity index (χ4n) is 2.88. The van der Waals surface area contributed by atoms with Gasteiger partial charge in [-0.25, -0.2) is 13.1 Å². The zero-order valence-corrected chi connectivity index (χ0v) is 16.6. The Balaban J connectivity index is 1.63. The Morgan fingerprint density at radius 1 is 1.04 bits per heavy atom. The number of carbonyl (C=O) groups excluding carboxylic acids is 1. The van der Waals surface area contributed by atoms with Crippen molar-refractivity contribution in [2.24, 2.45) is 0 Å². The summed E-state index contributed by atoms with van der Waals surface area (Å²) in [4.78, 5) is 13.8. The topological polar surface area (TPSA) is 78.5 Å². The van der Waals surface area contributed by atoms with Crippen LogP contribution in [0.1, 0.15) is 52.4 Å². The van der Waals surface area contributed by atoms with E-state index in [-0.39, 0.29) is 11.2 Å². The summed E-state index contributed by atoms with van der Waals surface area (Å²) in [6.45, 7) is 5.52. The van der Waals surface area contributed by atoms with Crippen LogP contribution in [-0.4, -0.2) is 39.2 Å². The van der Waals surface area contributed by atoms with Crippen molar-refractivity contribution in [2.75, 3.05) is 29.9 Å². The summed E-state index contributed by atoms with van der Waals surface area (Å²) in [6.07, 6.45) is 5.49. The molecule has 2 N–H and O–H groups in total. The third kappa shape index (κ3) is 6.29. The van der Waals surface area contributed by atoms with Crippen molar-refractivity contribution in [3.05, 3.63) is 24.3 Å². The number of hydrogen-bond acceptors (Lipinski definition) is 4. The fourth-order valence-corrected chi connectivity index (χ4v) is 3.64. The zero-order valence-electron chi connectivity index (χ0n) is 15.8. The molecule has 1 heterocycles.